The highest BCUT2D eigenvalue weighted by Gasteiger charge is 2.24. The average molecular weight is 256 g/mol. The van der Waals surface area contributed by atoms with E-state index in [1.54, 1.807) is 0 Å². The number of aromatic carboxylic acids is 1. The van der Waals surface area contributed by atoms with Gasteiger partial charge >= 0.3 is 12.0 Å². The van der Waals surface area contributed by atoms with E-state index in [1.807, 2.05) is 0 Å². The number of hydrogen-bond donors (Lipinski definition) is 3. The molecule has 1 aliphatic carbocycles. The number of nitrogens with one attached hydrogen (secondary N) is 2. The number of benzene rings is 1. The zero-order valence-corrected chi connectivity index (χ0v) is 9.17. The lowest BCUT2D eigenvalue weighted by Crippen LogP contribution is -2.31. The molecular formula is C11H10F2N2O3. The van der Waals surface area contributed by atoms with Crippen LogP contribution in [0.1, 0.15) is 23.2 Å². The number of hydrogen-bond acceptors (Lipinski definition) is 2. The maximum Gasteiger partial charge on any atom is 0.337 e. The van der Waals surface area contributed by atoms with E-state index >= 15 is 0 Å². The minimum absolute atomic E-state index is 0.0728. The lowest BCUT2D eigenvalue weighted by atomic mass is 10.1. The topological polar surface area (TPSA) is 78.4 Å². The van der Waals surface area contributed by atoms with Gasteiger partial charge in [0.15, 0.2) is 11.6 Å². The van der Waals surface area contributed by atoms with Crippen LogP contribution in [0.3, 0.4) is 0 Å². The van der Waals surface area contributed by atoms with E-state index in [0.717, 1.165) is 12.8 Å². The molecule has 7 heteroatoms. The van der Waals surface area contributed by atoms with E-state index in [1.165, 1.54) is 0 Å². The molecule has 1 aliphatic rings. The Morgan fingerprint density at radius 1 is 1.22 bits per heavy atom. The Labute approximate surface area is 101 Å². The maximum atomic E-state index is 13.0. The zero-order chi connectivity index (χ0) is 13.3. The Hall–Kier alpha value is -2.18. The largest absolute Gasteiger partial charge is 0.478 e. The smallest absolute Gasteiger partial charge is 0.337 e. The van der Waals surface area contributed by atoms with Crippen LogP contribution in [0.15, 0.2) is 12.1 Å². The Kier molecular flexibility index (Phi) is 3.14. The summed E-state index contributed by atoms with van der Waals surface area (Å²) in [7, 11) is 0. The molecule has 3 N–H and O–H groups in total. The molecule has 0 heterocycles. The summed E-state index contributed by atoms with van der Waals surface area (Å²) < 4.78 is 25.9. The number of halogens is 2. The predicted molar refractivity (Wildman–Crippen MR) is 58.5 cm³/mol. The predicted octanol–water partition coefficient (Wildman–Crippen LogP) is 1.95. The quantitative estimate of drug-likeness (QED) is 0.773. The molecule has 1 saturated carbocycles. The van der Waals surface area contributed by atoms with Crippen molar-refractivity contribution in [2.45, 2.75) is 18.9 Å². The first-order valence-corrected chi connectivity index (χ1v) is 5.27. The fraction of sp³-hybridized carbons (Fsp3) is 0.273. The van der Waals surface area contributed by atoms with E-state index in [0.29, 0.717) is 12.1 Å². The maximum absolute atomic E-state index is 13.0. The second kappa shape index (κ2) is 4.59. The number of carbonyl (C=O) groups is 2. The molecule has 0 atom stereocenters. The molecule has 0 unspecified atom stereocenters. The van der Waals surface area contributed by atoms with Gasteiger partial charge in [0.25, 0.3) is 0 Å². The summed E-state index contributed by atoms with van der Waals surface area (Å²) in [4.78, 5) is 22.2. The normalized spacial score (nSPS) is 14.1. The number of carboxylic acids is 1. The number of urea groups is 1. The van der Waals surface area contributed by atoms with Gasteiger partial charge in [-0.15, -0.1) is 0 Å². The van der Waals surface area contributed by atoms with Gasteiger partial charge in [-0.2, -0.15) is 0 Å². The molecular weight excluding hydrogens is 246 g/mol. The van der Waals surface area contributed by atoms with E-state index in [2.05, 4.69) is 10.6 Å². The Morgan fingerprint density at radius 2 is 1.83 bits per heavy atom. The molecule has 0 spiro atoms. The van der Waals surface area contributed by atoms with Crippen LogP contribution in [-0.2, 0) is 0 Å². The molecule has 1 aromatic carbocycles. The highest BCUT2D eigenvalue weighted by molar-refractivity contribution is 6.00. The van der Waals surface area contributed by atoms with Gasteiger partial charge in [0.2, 0.25) is 0 Å². The minimum atomic E-state index is -1.45. The van der Waals surface area contributed by atoms with E-state index in [9.17, 15) is 18.4 Å². The SMILES string of the molecule is O=C(Nc1cc(F)c(F)cc1C(=O)O)NC1CC1. The van der Waals surface area contributed by atoms with E-state index in [-0.39, 0.29) is 11.7 Å². The fourth-order valence-corrected chi connectivity index (χ4v) is 1.40. The van der Waals surface area contributed by atoms with Crippen molar-refractivity contribution in [1.29, 1.82) is 0 Å². The summed E-state index contributed by atoms with van der Waals surface area (Å²) >= 11 is 0. The number of carboxylic acid groups (broad SMARTS) is 1. The van der Waals surface area contributed by atoms with Crippen molar-refractivity contribution >= 4 is 17.7 Å². The third kappa shape index (κ3) is 2.73. The summed E-state index contributed by atoms with van der Waals surface area (Å²) in [5, 5.41) is 13.6. The molecule has 0 aliphatic heterocycles. The van der Waals surface area contributed by atoms with Gasteiger partial charge in [-0.25, -0.2) is 18.4 Å². The zero-order valence-electron chi connectivity index (χ0n) is 9.17. The van der Waals surface area contributed by atoms with Crippen molar-refractivity contribution in [3.05, 3.63) is 29.3 Å². The van der Waals surface area contributed by atoms with Crippen LogP contribution in [0.2, 0.25) is 0 Å². The van der Waals surface area contributed by atoms with Crippen LogP contribution >= 0.6 is 0 Å². The summed E-state index contributed by atoms with van der Waals surface area (Å²) in [6.07, 6.45) is 1.72. The van der Waals surface area contributed by atoms with Gasteiger partial charge in [-0.1, -0.05) is 0 Å². The Morgan fingerprint density at radius 3 is 2.39 bits per heavy atom. The first-order chi connectivity index (χ1) is 8.47. The van der Waals surface area contributed by atoms with Crippen molar-refractivity contribution in [1.82, 2.24) is 5.32 Å². The second-order valence-electron chi connectivity index (χ2n) is 3.99. The van der Waals surface area contributed by atoms with Crippen LogP contribution in [0, 0.1) is 11.6 Å². The third-order valence-electron chi connectivity index (χ3n) is 2.45. The van der Waals surface area contributed by atoms with Gasteiger partial charge in [0, 0.05) is 12.1 Å². The summed E-state index contributed by atoms with van der Waals surface area (Å²) in [6, 6.07) is 0.616. The van der Waals surface area contributed by atoms with Gasteiger partial charge in [-0.05, 0) is 18.9 Å². The highest BCUT2D eigenvalue weighted by atomic mass is 19.2. The van der Waals surface area contributed by atoms with Crippen molar-refractivity contribution in [3.8, 4) is 0 Å². The molecule has 96 valence electrons. The number of carbonyl (C=O) groups excluding carboxylic acids is 1. The average Bonchev–Trinajstić information content (AvgIpc) is 3.06. The van der Waals surface area contributed by atoms with Crippen molar-refractivity contribution in [2.75, 3.05) is 5.32 Å². The van der Waals surface area contributed by atoms with Crippen LogP contribution in [-0.4, -0.2) is 23.1 Å². The van der Waals surface area contributed by atoms with E-state index < -0.39 is 29.2 Å². The van der Waals surface area contributed by atoms with Gasteiger partial charge in [0.1, 0.15) is 0 Å². The molecule has 18 heavy (non-hydrogen) atoms. The van der Waals surface area contributed by atoms with Crippen molar-refractivity contribution in [3.63, 3.8) is 0 Å². The third-order valence-corrected chi connectivity index (χ3v) is 2.45. The van der Waals surface area contributed by atoms with Crippen LogP contribution in [0.5, 0.6) is 0 Å². The molecule has 0 bridgehead atoms. The van der Waals surface area contributed by atoms with Gasteiger partial charge in [-0.3, -0.25) is 0 Å². The lowest BCUT2D eigenvalue weighted by molar-refractivity contribution is 0.0697. The lowest BCUT2D eigenvalue weighted by Gasteiger charge is -2.09. The summed E-state index contributed by atoms with van der Waals surface area (Å²) in [5.41, 5.74) is -0.778. The van der Waals surface area contributed by atoms with Crippen molar-refractivity contribution in [2.24, 2.45) is 0 Å². The van der Waals surface area contributed by atoms with Gasteiger partial charge in [0.05, 0.1) is 11.3 Å². The fourth-order valence-electron chi connectivity index (χ4n) is 1.40. The van der Waals surface area contributed by atoms with Crippen LogP contribution in [0.25, 0.3) is 0 Å². The standard InChI is InChI=1S/C11H10F2N2O3/c12-7-3-6(10(16)17)9(4-8(7)13)15-11(18)14-5-1-2-5/h3-5H,1-2H2,(H,16,17)(H2,14,15,18). The van der Waals surface area contributed by atoms with Crippen LogP contribution in [0.4, 0.5) is 19.3 Å². The van der Waals surface area contributed by atoms with Gasteiger partial charge < -0.3 is 15.7 Å². The number of anilines is 1. The number of amides is 2. The Balaban J connectivity index is 2.21. The van der Waals surface area contributed by atoms with E-state index in [4.69, 9.17) is 5.11 Å². The molecule has 1 fully saturated rings. The molecule has 0 radical (unpaired) electrons. The first-order valence-electron chi connectivity index (χ1n) is 5.27. The highest BCUT2D eigenvalue weighted by Crippen LogP contribution is 2.22. The first kappa shape index (κ1) is 12.3. The molecule has 5 nitrogen and oxygen atoms in total. The minimum Gasteiger partial charge on any atom is -0.478 e. The monoisotopic (exact) mass is 256 g/mol. The summed E-state index contributed by atoms with van der Waals surface area (Å²) in [6.45, 7) is 0. The molecule has 0 saturated heterocycles. The second-order valence-corrected chi connectivity index (χ2v) is 3.99. The van der Waals surface area contributed by atoms with Crippen molar-refractivity contribution < 1.29 is 23.5 Å². The Bertz CT molecular complexity index is 515. The molecule has 1 aromatic rings. The number of rotatable bonds is 3. The molecule has 2 rings (SSSR count). The van der Waals surface area contributed by atoms with Crippen LogP contribution < -0.4 is 10.6 Å². The molecule has 2 amide bonds. The summed E-state index contributed by atoms with van der Waals surface area (Å²) in [5.74, 6) is -3.95. The molecule has 0 aromatic heterocycles.